The van der Waals surface area contributed by atoms with E-state index in [0.29, 0.717) is 23.8 Å². The number of amides is 3. The van der Waals surface area contributed by atoms with Gasteiger partial charge in [0.25, 0.3) is 5.91 Å². The fraction of sp³-hybridized carbons (Fsp3) is 0.500. The summed E-state index contributed by atoms with van der Waals surface area (Å²) in [6.45, 7) is 12.9. The molecule has 0 bridgehead atoms. The molecule has 1 heterocycles. The number of hydrazine groups is 1. The Labute approximate surface area is 243 Å². The van der Waals surface area contributed by atoms with E-state index in [4.69, 9.17) is 16.3 Å². The largest absolute Gasteiger partial charge is 0.444 e. The van der Waals surface area contributed by atoms with Gasteiger partial charge in [-0.2, -0.15) is 0 Å². The molecule has 0 aromatic heterocycles. The molecule has 0 unspecified atom stereocenters. The van der Waals surface area contributed by atoms with E-state index in [2.05, 4.69) is 17.4 Å². The minimum Gasteiger partial charge on any atom is -0.444 e. The second kappa shape index (κ2) is 13.5. The summed E-state index contributed by atoms with van der Waals surface area (Å²) in [5.74, 6) is -0.371. The highest BCUT2D eigenvalue weighted by atomic mass is 35.5. The first-order valence-electron chi connectivity index (χ1n) is 13.6. The van der Waals surface area contributed by atoms with Gasteiger partial charge in [-0.25, -0.2) is 9.80 Å². The molecule has 0 atom stereocenters. The summed E-state index contributed by atoms with van der Waals surface area (Å²) < 4.78 is 5.58. The maximum atomic E-state index is 13.5. The average Bonchev–Trinajstić information content (AvgIpc) is 3.31. The molecule has 40 heavy (non-hydrogen) atoms. The Balaban J connectivity index is 1.65. The van der Waals surface area contributed by atoms with Crippen molar-refractivity contribution in [2.24, 2.45) is 0 Å². The molecule has 1 N–H and O–H groups in total. The van der Waals surface area contributed by atoms with Crippen LogP contribution in [0.2, 0.25) is 5.02 Å². The molecule has 3 rings (SSSR count). The molecule has 2 aromatic rings. The second-order valence-electron chi connectivity index (χ2n) is 11.3. The molecule has 10 heteroatoms. The topological polar surface area (TPSA) is 85.4 Å². The molecular weight excluding hydrogens is 530 g/mol. The van der Waals surface area contributed by atoms with Crippen molar-refractivity contribution in [3.05, 3.63) is 64.2 Å². The molecule has 0 saturated carbocycles. The van der Waals surface area contributed by atoms with E-state index in [0.717, 1.165) is 5.56 Å². The molecule has 0 fully saturated rings. The molecule has 9 nitrogen and oxygen atoms in total. The van der Waals surface area contributed by atoms with Crippen LogP contribution in [-0.2, 0) is 27.4 Å². The van der Waals surface area contributed by atoms with Gasteiger partial charge in [-0.3, -0.25) is 19.9 Å². The van der Waals surface area contributed by atoms with Gasteiger partial charge in [0.2, 0.25) is 5.91 Å². The van der Waals surface area contributed by atoms with Crippen LogP contribution in [0.5, 0.6) is 0 Å². The van der Waals surface area contributed by atoms with Gasteiger partial charge in [-0.1, -0.05) is 41.9 Å². The average molecular weight is 572 g/mol. The zero-order valence-corrected chi connectivity index (χ0v) is 25.4. The monoisotopic (exact) mass is 571 g/mol. The number of hydrogen-bond donors (Lipinski definition) is 1. The van der Waals surface area contributed by atoms with Crippen molar-refractivity contribution >= 4 is 35.2 Å². The van der Waals surface area contributed by atoms with Gasteiger partial charge < -0.3 is 14.5 Å². The van der Waals surface area contributed by atoms with Crippen LogP contribution in [0.25, 0.3) is 0 Å². The van der Waals surface area contributed by atoms with E-state index in [1.807, 2.05) is 64.8 Å². The first-order chi connectivity index (χ1) is 18.8. The number of anilines is 1. The summed E-state index contributed by atoms with van der Waals surface area (Å²) >= 11 is 6.38. The minimum atomic E-state index is -0.634. The Kier molecular flexibility index (Phi) is 10.6. The molecule has 0 spiro atoms. The summed E-state index contributed by atoms with van der Waals surface area (Å²) in [6.07, 6.45) is -0.437. The van der Waals surface area contributed by atoms with E-state index >= 15 is 0 Å². The van der Waals surface area contributed by atoms with Crippen LogP contribution in [0.15, 0.2) is 42.5 Å². The maximum Gasteiger partial charge on any atom is 0.410 e. The lowest BCUT2D eigenvalue weighted by atomic mass is 10.1. The summed E-state index contributed by atoms with van der Waals surface area (Å²) in [4.78, 5) is 42.5. The normalized spacial score (nSPS) is 13.2. The van der Waals surface area contributed by atoms with Gasteiger partial charge in [0.15, 0.2) is 0 Å². The highest BCUT2D eigenvalue weighted by Gasteiger charge is 2.27. The number of carbonyl (C=O) groups is 3. The molecule has 0 saturated heterocycles. The van der Waals surface area contributed by atoms with Crippen LogP contribution in [-0.4, -0.2) is 77.7 Å². The molecule has 0 aliphatic carbocycles. The summed E-state index contributed by atoms with van der Waals surface area (Å²) in [7, 11) is 1.75. The SMILES string of the molecule is Cc1c(Cl)cccc1N(CCN(C(=O)OC(C)(C)C)C(C)C)C(=O)CNCC(=O)N(C)N1Cc2ccccc2C1. The Hall–Kier alpha value is -3.14. The molecule has 218 valence electrons. The number of carbonyl (C=O) groups excluding carboxylic acids is 3. The fourth-order valence-electron chi connectivity index (χ4n) is 4.53. The third-order valence-corrected chi connectivity index (χ3v) is 7.22. The van der Waals surface area contributed by atoms with Gasteiger partial charge in [0.05, 0.1) is 13.1 Å². The third-order valence-electron chi connectivity index (χ3n) is 6.81. The number of nitrogens with one attached hydrogen (secondary N) is 1. The van der Waals surface area contributed by atoms with E-state index in [1.165, 1.54) is 11.1 Å². The summed E-state index contributed by atoms with van der Waals surface area (Å²) in [6, 6.07) is 13.4. The zero-order chi connectivity index (χ0) is 29.6. The number of likely N-dealkylation sites (N-methyl/N-ethyl adjacent to an activating group) is 1. The van der Waals surface area contributed by atoms with Crippen LogP contribution in [0.3, 0.4) is 0 Å². The van der Waals surface area contributed by atoms with Crippen molar-refractivity contribution in [1.29, 1.82) is 0 Å². The number of benzene rings is 2. The van der Waals surface area contributed by atoms with Gasteiger partial charge in [-0.15, -0.1) is 0 Å². The molecule has 1 aliphatic rings. The fourth-order valence-corrected chi connectivity index (χ4v) is 4.70. The van der Waals surface area contributed by atoms with Crippen LogP contribution in [0, 0.1) is 6.92 Å². The van der Waals surface area contributed by atoms with Gasteiger partial charge in [-0.05, 0) is 70.4 Å². The Morgan fingerprint density at radius 3 is 2.15 bits per heavy atom. The smallest absolute Gasteiger partial charge is 0.410 e. The molecule has 1 aliphatic heterocycles. The van der Waals surface area contributed by atoms with Crippen molar-refractivity contribution in [2.45, 2.75) is 66.3 Å². The second-order valence-corrected chi connectivity index (χ2v) is 11.7. The predicted octanol–water partition coefficient (Wildman–Crippen LogP) is 4.61. The maximum absolute atomic E-state index is 13.5. The van der Waals surface area contributed by atoms with Crippen molar-refractivity contribution < 1.29 is 19.1 Å². The van der Waals surface area contributed by atoms with Crippen molar-refractivity contribution in [3.63, 3.8) is 0 Å². The molecule has 0 radical (unpaired) electrons. The molecule has 2 aromatic carbocycles. The first-order valence-corrected chi connectivity index (χ1v) is 14.0. The highest BCUT2D eigenvalue weighted by molar-refractivity contribution is 6.31. The van der Waals surface area contributed by atoms with Crippen molar-refractivity contribution in [2.75, 3.05) is 38.1 Å². The number of nitrogens with zero attached hydrogens (tertiary/aromatic N) is 4. The summed E-state index contributed by atoms with van der Waals surface area (Å²) in [5, 5.41) is 7.14. The Morgan fingerprint density at radius 2 is 1.57 bits per heavy atom. The third kappa shape index (κ3) is 8.19. The predicted molar refractivity (Wildman–Crippen MR) is 158 cm³/mol. The Morgan fingerprint density at radius 1 is 0.975 bits per heavy atom. The van der Waals surface area contributed by atoms with Crippen LogP contribution < -0.4 is 10.2 Å². The van der Waals surface area contributed by atoms with Crippen molar-refractivity contribution in [3.8, 4) is 0 Å². The quantitative estimate of drug-likeness (QED) is 0.448. The lowest BCUT2D eigenvalue weighted by Gasteiger charge is -2.33. The van der Waals surface area contributed by atoms with Gasteiger partial charge >= 0.3 is 6.09 Å². The van der Waals surface area contributed by atoms with Gasteiger partial charge in [0, 0.05) is 50.0 Å². The van der Waals surface area contributed by atoms with Gasteiger partial charge in [0.1, 0.15) is 5.60 Å². The molecular formula is C30H42ClN5O4. The van der Waals surface area contributed by atoms with Crippen LogP contribution in [0.4, 0.5) is 10.5 Å². The van der Waals surface area contributed by atoms with E-state index in [-0.39, 0.29) is 44.0 Å². The van der Waals surface area contributed by atoms with E-state index in [9.17, 15) is 14.4 Å². The van der Waals surface area contributed by atoms with Crippen molar-refractivity contribution in [1.82, 2.24) is 20.2 Å². The standard InChI is InChI=1S/C30H42ClN5O4/c1-21(2)35(29(39)40-30(4,5)6)15-16-36(26-14-10-13-25(31)22(26)3)28(38)18-32-17-27(37)33(7)34-19-23-11-8-9-12-24(23)20-34/h8-14,21,32H,15-20H2,1-7H3. The minimum absolute atomic E-state index is 0.00742. The number of halogens is 1. The van der Waals surface area contributed by atoms with E-state index < -0.39 is 11.7 Å². The Bertz CT molecular complexity index is 1190. The zero-order valence-electron chi connectivity index (χ0n) is 24.7. The van der Waals surface area contributed by atoms with Crippen LogP contribution in [0.1, 0.15) is 51.3 Å². The number of ether oxygens (including phenoxy) is 1. The van der Waals surface area contributed by atoms with E-state index in [1.54, 1.807) is 34.0 Å². The number of hydrogen-bond acceptors (Lipinski definition) is 6. The van der Waals surface area contributed by atoms with Crippen LogP contribution >= 0.6 is 11.6 Å². The highest BCUT2D eigenvalue weighted by Crippen LogP contribution is 2.27. The first kappa shape index (κ1) is 31.4. The number of fused-ring (bicyclic) bond motifs is 1. The number of rotatable bonds is 10. The molecule has 3 amide bonds. The lowest BCUT2D eigenvalue weighted by Crippen LogP contribution is -2.49. The lowest BCUT2D eigenvalue weighted by molar-refractivity contribution is -0.145. The summed E-state index contributed by atoms with van der Waals surface area (Å²) in [5.41, 5.74) is 3.20.